The molecule has 0 fully saturated rings. The Kier molecular flexibility index (Phi) is 5.03. The number of nitriles is 1. The third kappa shape index (κ3) is 4.33. The van der Waals surface area contributed by atoms with Gasteiger partial charge in [0.25, 0.3) is 5.22 Å². The van der Waals surface area contributed by atoms with Crippen molar-refractivity contribution in [3.05, 3.63) is 29.8 Å². The van der Waals surface area contributed by atoms with Crippen LogP contribution in [0.3, 0.4) is 0 Å². The van der Waals surface area contributed by atoms with Crippen LogP contribution in [-0.4, -0.2) is 16.0 Å². The topological polar surface area (TPSA) is 62.7 Å². The van der Waals surface area contributed by atoms with Gasteiger partial charge in [0.1, 0.15) is 0 Å². The van der Waals surface area contributed by atoms with E-state index in [0.717, 1.165) is 17.7 Å². The average Bonchev–Trinajstić information content (AvgIpc) is 2.92. The Morgan fingerprint density at radius 1 is 1.19 bits per heavy atom. The number of hydrogen-bond acceptors (Lipinski definition) is 5. The molecule has 0 aliphatic heterocycles. The molecule has 0 aliphatic carbocycles. The van der Waals surface area contributed by atoms with E-state index in [4.69, 9.17) is 9.68 Å². The summed E-state index contributed by atoms with van der Waals surface area (Å²) in [6.07, 6.45) is 1.39. The van der Waals surface area contributed by atoms with Gasteiger partial charge in [-0.15, -0.1) is 10.2 Å². The second-order valence-electron chi connectivity index (χ2n) is 5.81. The highest BCUT2D eigenvalue weighted by molar-refractivity contribution is 7.99. The van der Waals surface area contributed by atoms with Crippen LogP contribution in [0, 0.1) is 11.3 Å². The van der Waals surface area contributed by atoms with Gasteiger partial charge in [-0.05, 0) is 29.5 Å². The van der Waals surface area contributed by atoms with E-state index in [9.17, 15) is 0 Å². The molecule has 0 saturated carbocycles. The fourth-order valence-corrected chi connectivity index (χ4v) is 2.51. The Hall–Kier alpha value is -1.80. The summed E-state index contributed by atoms with van der Waals surface area (Å²) in [6.45, 7) is 6.56. The van der Waals surface area contributed by atoms with Crippen LogP contribution in [0.2, 0.25) is 0 Å². The second kappa shape index (κ2) is 6.77. The predicted molar refractivity (Wildman–Crippen MR) is 84.0 cm³/mol. The van der Waals surface area contributed by atoms with Gasteiger partial charge in [-0.1, -0.05) is 44.7 Å². The molecular formula is C16H19N3OS. The van der Waals surface area contributed by atoms with E-state index < -0.39 is 0 Å². The third-order valence-electron chi connectivity index (χ3n) is 3.06. The smallest absolute Gasteiger partial charge is 0.276 e. The van der Waals surface area contributed by atoms with Crippen molar-refractivity contribution in [2.75, 3.05) is 5.75 Å². The molecule has 0 spiro atoms. The van der Waals surface area contributed by atoms with Crippen LogP contribution >= 0.6 is 11.8 Å². The van der Waals surface area contributed by atoms with Gasteiger partial charge >= 0.3 is 0 Å². The van der Waals surface area contributed by atoms with Crippen molar-refractivity contribution in [3.63, 3.8) is 0 Å². The van der Waals surface area contributed by atoms with E-state index in [2.05, 4.69) is 49.2 Å². The van der Waals surface area contributed by atoms with Crippen LogP contribution in [-0.2, 0) is 5.41 Å². The highest BCUT2D eigenvalue weighted by Crippen LogP contribution is 2.27. The summed E-state index contributed by atoms with van der Waals surface area (Å²) < 4.78 is 5.63. The minimum atomic E-state index is 0.134. The standard InChI is InChI=1S/C16H19N3OS/c1-16(2,3)13-8-6-12(7-9-13)14-18-19-15(20-14)21-11-5-4-10-17/h6-9H,4-5,11H2,1-3H3. The molecule has 110 valence electrons. The van der Waals surface area contributed by atoms with Crippen LogP contribution in [0.4, 0.5) is 0 Å². The zero-order valence-electron chi connectivity index (χ0n) is 12.6. The fraction of sp³-hybridized carbons (Fsp3) is 0.438. The number of benzene rings is 1. The molecular weight excluding hydrogens is 282 g/mol. The Balaban J connectivity index is 2.02. The van der Waals surface area contributed by atoms with Gasteiger partial charge in [0.2, 0.25) is 5.89 Å². The number of hydrogen-bond donors (Lipinski definition) is 0. The Bertz CT molecular complexity index is 620. The molecule has 1 aromatic heterocycles. The maximum atomic E-state index is 8.49. The zero-order valence-corrected chi connectivity index (χ0v) is 13.4. The summed E-state index contributed by atoms with van der Waals surface area (Å²) in [5, 5.41) is 17.1. The van der Waals surface area contributed by atoms with Crippen molar-refractivity contribution in [1.29, 1.82) is 5.26 Å². The zero-order chi connectivity index (χ0) is 15.3. The molecule has 0 aliphatic rings. The van der Waals surface area contributed by atoms with Gasteiger partial charge in [-0.3, -0.25) is 0 Å². The van der Waals surface area contributed by atoms with Crippen molar-refractivity contribution in [2.45, 2.75) is 44.3 Å². The lowest BCUT2D eigenvalue weighted by molar-refractivity contribution is 0.465. The molecule has 0 amide bonds. The van der Waals surface area contributed by atoms with Crippen molar-refractivity contribution in [3.8, 4) is 17.5 Å². The fourth-order valence-electron chi connectivity index (χ4n) is 1.81. The minimum Gasteiger partial charge on any atom is -0.411 e. The summed E-state index contributed by atoms with van der Waals surface area (Å²) in [5.74, 6) is 1.36. The van der Waals surface area contributed by atoms with Crippen LogP contribution in [0.15, 0.2) is 33.9 Å². The lowest BCUT2D eigenvalue weighted by Crippen LogP contribution is -2.10. The van der Waals surface area contributed by atoms with Crippen molar-refractivity contribution >= 4 is 11.8 Å². The summed E-state index contributed by atoms with van der Waals surface area (Å²) in [6, 6.07) is 10.3. The van der Waals surface area contributed by atoms with Crippen LogP contribution in [0.25, 0.3) is 11.5 Å². The van der Waals surface area contributed by atoms with Crippen LogP contribution in [0.5, 0.6) is 0 Å². The van der Waals surface area contributed by atoms with Crippen molar-refractivity contribution in [1.82, 2.24) is 10.2 Å². The van der Waals surface area contributed by atoms with Gasteiger partial charge in [0.05, 0.1) is 6.07 Å². The first-order valence-electron chi connectivity index (χ1n) is 6.95. The molecule has 0 saturated heterocycles. The molecule has 0 radical (unpaired) electrons. The first-order chi connectivity index (χ1) is 10.0. The number of aromatic nitrogens is 2. The Labute approximate surface area is 129 Å². The molecule has 0 atom stereocenters. The van der Waals surface area contributed by atoms with E-state index in [1.807, 2.05) is 12.1 Å². The van der Waals surface area contributed by atoms with Crippen molar-refractivity contribution < 1.29 is 4.42 Å². The Morgan fingerprint density at radius 3 is 2.52 bits per heavy atom. The summed E-state index contributed by atoms with van der Waals surface area (Å²) >= 11 is 1.49. The van der Waals surface area contributed by atoms with Gasteiger partial charge in [-0.2, -0.15) is 5.26 Å². The molecule has 0 bridgehead atoms. The first kappa shape index (κ1) is 15.6. The highest BCUT2D eigenvalue weighted by Gasteiger charge is 2.14. The third-order valence-corrected chi connectivity index (χ3v) is 3.97. The van der Waals surface area contributed by atoms with E-state index in [1.54, 1.807) is 0 Å². The molecule has 21 heavy (non-hydrogen) atoms. The van der Waals surface area contributed by atoms with E-state index in [0.29, 0.717) is 17.5 Å². The lowest BCUT2D eigenvalue weighted by Gasteiger charge is -2.18. The Morgan fingerprint density at radius 2 is 1.90 bits per heavy atom. The average molecular weight is 301 g/mol. The van der Waals surface area contributed by atoms with Crippen LogP contribution < -0.4 is 0 Å². The number of rotatable bonds is 5. The first-order valence-corrected chi connectivity index (χ1v) is 7.93. The van der Waals surface area contributed by atoms with E-state index >= 15 is 0 Å². The summed E-state index contributed by atoms with van der Waals surface area (Å²) in [5.41, 5.74) is 2.34. The van der Waals surface area contributed by atoms with Gasteiger partial charge in [0.15, 0.2) is 0 Å². The monoisotopic (exact) mass is 301 g/mol. The number of thioether (sulfide) groups is 1. The molecule has 0 N–H and O–H groups in total. The quantitative estimate of drug-likeness (QED) is 0.604. The van der Waals surface area contributed by atoms with Gasteiger partial charge in [0, 0.05) is 17.7 Å². The molecule has 1 heterocycles. The maximum absolute atomic E-state index is 8.49. The molecule has 4 nitrogen and oxygen atoms in total. The SMILES string of the molecule is CC(C)(C)c1ccc(-c2nnc(SCCCC#N)o2)cc1. The maximum Gasteiger partial charge on any atom is 0.276 e. The van der Waals surface area contributed by atoms with E-state index in [-0.39, 0.29) is 5.41 Å². The highest BCUT2D eigenvalue weighted by atomic mass is 32.2. The number of nitrogens with zero attached hydrogens (tertiary/aromatic N) is 3. The minimum absolute atomic E-state index is 0.134. The largest absolute Gasteiger partial charge is 0.411 e. The summed E-state index contributed by atoms with van der Waals surface area (Å²) in [4.78, 5) is 0. The molecule has 1 aromatic carbocycles. The van der Waals surface area contributed by atoms with Crippen molar-refractivity contribution in [2.24, 2.45) is 0 Å². The normalized spacial score (nSPS) is 11.3. The lowest BCUT2D eigenvalue weighted by atomic mass is 9.87. The van der Waals surface area contributed by atoms with Gasteiger partial charge < -0.3 is 4.42 Å². The number of unbranched alkanes of at least 4 members (excludes halogenated alkanes) is 1. The molecule has 0 unspecified atom stereocenters. The van der Waals surface area contributed by atoms with Crippen LogP contribution in [0.1, 0.15) is 39.2 Å². The predicted octanol–water partition coefficient (Wildman–Crippen LogP) is 4.43. The summed E-state index contributed by atoms with van der Waals surface area (Å²) in [7, 11) is 0. The molecule has 5 heteroatoms. The molecule has 2 aromatic rings. The molecule has 2 rings (SSSR count). The van der Waals surface area contributed by atoms with Gasteiger partial charge in [-0.25, -0.2) is 0 Å². The second-order valence-corrected chi connectivity index (χ2v) is 6.86. The van der Waals surface area contributed by atoms with E-state index in [1.165, 1.54) is 17.3 Å².